The molecule has 0 aliphatic heterocycles. The van der Waals surface area contributed by atoms with Crippen molar-refractivity contribution in [1.29, 1.82) is 0 Å². The fraction of sp³-hybridized carbons (Fsp3) is 0.538. The van der Waals surface area contributed by atoms with E-state index in [0.717, 1.165) is 24.2 Å². The number of benzene rings is 1. The van der Waals surface area contributed by atoms with Gasteiger partial charge >= 0.3 is 0 Å². The van der Waals surface area contributed by atoms with Crippen molar-refractivity contribution in [2.45, 2.75) is 26.4 Å². The second-order valence-corrected chi connectivity index (χ2v) is 4.70. The van der Waals surface area contributed by atoms with E-state index in [9.17, 15) is 0 Å². The van der Waals surface area contributed by atoms with Crippen LogP contribution < -0.4 is 5.32 Å². The van der Waals surface area contributed by atoms with Crippen LogP contribution in [-0.2, 0) is 11.3 Å². The molecule has 90 valence electrons. The van der Waals surface area contributed by atoms with Crippen LogP contribution in [0.15, 0.2) is 28.7 Å². The fourth-order valence-corrected chi connectivity index (χ4v) is 1.83. The van der Waals surface area contributed by atoms with Crippen molar-refractivity contribution in [3.8, 4) is 0 Å². The van der Waals surface area contributed by atoms with Crippen LogP contribution >= 0.6 is 15.9 Å². The lowest BCUT2D eigenvalue weighted by atomic mass is 10.2. The van der Waals surface area contributed by atoms with Gasteiger partial charge in [0.15, 0.2) is 0 Å². The largest absolute Gasteiger partial charge is 0.375 e. The van der Waals surface area contributed by atoms with Gasteiger partial charge in [-0.1, -0.05) is 41.4 Å². The van der Waals surface area contributed by atoms with E-state index in [2.05, 4.69) is 40.3 Å². The van der Waals surface area contributed by atoms with Crippen molar-refractivity contribution >= 4 is 15.9 Å². The molecule has 0 amide bonds. The van der Waals surface area contributed by atoms with Crippen molar-refractivity contribution in [1.82, 2.24) is 5.32 Å². The zero-order valence-corrected chi connectivity index (χ0v) is 11.4. The van der Waals surface area contributed by atoms with Gasteiger partial charge in [-0.2, -0.15) is 0 Å². The van der Waals surface area contributed by atoms with Gasteiger partial charge in [0.05, 0.1) is 13.2 Å². The number of nitrogens with one attached hydrogen (secondary N) is 1. The van der Waals surface area contributed by atoms with Gasteiger partial charge < -0.3 is 10.1 Å². The van der Waals surface area contributed by atoms with Crippen molar-refractivity contribution in [3.05, 3.63) is 34.3 Å². The summed E-state index contributed by atoms with van der Waals surface area (Å²) in [5, 5.41) is 3.35. The standard InChI is InChI=1S/C13H20BrNO/c1-2-3-7-15-8-9-16-11-12-5-4-6-13(14)10-12/h4-6,10,15H,2-3,7-9,11H2,1H3. The molecule has 0 saturated heterocycles. The zero-order chi connectivity index (χ0) is 11.6. The highest BCUT2D eigenvalue weighted by atomic mass is 79.9. The molecule has 0 aliphatic carbocycles. The van der Waals surface area contributed by atoms with Gasteiger partial charge in [0.25, 0.3) is 0 Å². The van der Waals surface area contributed by atoms with E-state index in [1.54, 1.807) is 0 Å². The molecule has 16 heavy (non-hydrogen) atoms. The molecule has 0 unspecified atom stereocenters. The number of hydrogen-bond donors (Lipinski definition) is 1. The number of halogens is 1. The third kappa shape index (κ3) is 6.26. The maximum absolute atomic E-state index is 5.57. The minimum atomic E-state index is 0.689. The van der Waals surface area contributed by atoms with Crippen LogP contribution in [-0.4, -0.2) is 19.7 Å². The Balaban J connectivity index is 2.03. The molecule has 1 aromatic carbocycles. The van der Waals surface area contributed by atoms with Crippen LogP contribution in [0.5, 0.6) is 0 Å². The summed E-state index contributed by atoms with van der Waals surface area (Å²) in [7, 11) is 0. The lowest BCUT2D eigenvalue weighted by Gasteiger charge is -2.06. The second kappa shape index (κ2) is 8.74. The van der Waals surface area contributed by atoms with Crippen molar-refractivity contribution < 1.29 is 4.74 Å². The molecule has 0 heterocycles. The Hall–Kier alpha value is -0.380. The van der Waals surface area contributed by atoms with E-state index < -0.39 is 0 Å². The zero-order valence-electron chi connectivity index (χ0n) is 9.84. The molecular weight excluding hydrogens is 266 g/mol. The van der Waals surface area contributed by atoms with Gasteiger partial charge in [0.2, 0.25) is 0 Å². The van der Waals surface area contributed by atoms with Gasteiger partial charge in [0, 0.05) is 11.0 Å². The minimum Gasteiger partial charge on any atom is -0.375 e. The number of unbranched alkanes of at least 4 members (excludes halogenated alkanes) is 1. The highest BCUT2D eigenvalue weighted by Crippen LogP contribution is 2.12. The molecule has 0 spiro atoms. The highest BCUT2D eigenvalue weighted by molar-refractivity contribution is 9.10. The summed E-state index contributed by atoms with van der Waals surface area (Å²) < 4.78 is 6.68. The lowest BCUT2D eigenvalue weighted by Crippen LogP contribution is -2.20. The first-order valence-electron chi connectivity index (χ1n) is 5.86. The molecule has 0 atom stereocenters. The van der Waals surface area contributed by atoms with Crippen LogP contribution in [0.3, 0.4) is 0 Å². The first-order chi connectivity index (χ1) is 7.83. The smallest absolute Gasteiger partial charge is 0.0717 e. The van der Waals surface area contributed by atoms with Crippen LogP contribution in [0.2, 0.25) is 0 Å². The first-order valence-corrected chi connectivity index (χ1v) is 6.65. The Labute approximate surface area is 107 Å². The summed E-state index contributed by atoms with van der Waals surface area (Å²) in [5.74, 6) is 0. The summed E-state index contributed by atoms with van der Waals surface area (Å²) in [4.78, 5) is 0. The SMILES string of the molecule is CCCCNCCOCc1cccc(Br)c1. The van der Waals surface area contributed by atoms with E-state index in [4.69, 9.17) is 4.74 Å². The van der Waals surface area contributed by atoms with Gasteiger partial charge in [-0.3, -0.25) is 0 Å². The average molecular weight is 286 g/mol. The molecular formula is C13H20BrNO. The highest BCUT2D eigenvalue weighted by Gasteiger charge is 1.94. The number of ether oxygens (including phenoxy) is 1. The van der Waals surface area contributed by atoms with E-state index in [1.807, 2.05) is 12.1 Å². The number of rotatable bonds is 8. The fourth-order valence-electron chi connectivity index (χ4n) is 1.39. The topological polar surface area (TPSA) is 21.3 Å². The van der Waals surface area contributed by atoms with Crippen LogP contribution in [0.4, 0.5) is 0 Å². The molecule has 1 N–H and O–H groups in total. The Morgan fingerprint density at radius 1 is 1.31 bits per heavy atom. The van der Waals surface area contributed by atoms with Crippen molar-refractivity contribution in [3.63, 3.8) is 0 Å². The second-order valence-electron chi connectivity index (χ2n) is 3.79. The summed E-state index contributed by atoms with van der Waals surface area (Å²) in [5.41, 5.74) is 1.21. The monoisotopic (exact) mass is 285 g/mol. The Kier molecular flexibility index (Phi) is 7.47. The summed E-state index contributed by atoms with van der Waals surface area (Å²) in [6, 6.07) is 8.22. The van der Waals surface area contributed by atoms with E-state index in [1.165, 1.54) is 18.4 Å². The quantitative estimate of drug-likeness (QED) is 0.740. The Bertz CT molecular complexity index is 291. The molecule has 3 heteroatoms. The predicted octanol–water partition coefficient (Wildman–Crippen LogP) is 3.36. The molecule has 2 nitrogen and oxygen atoms in total. The maximum Gasteiger partial charge on any atom is 0.0717 e. The maximum atomic E-state index is 5.57. The van der Waals surface area contributed by atoms with Crippen LogP contribution in [0.25, 0.3) is 0 Å². The Morgan fingerprint density at radius 2 is 2.19 bits per heavy atom. The average Bonchev–Trinajstić information content (AvgIpc) is 2.28. The van der Waals surface area contributed by atoms with E-state index in [-0.39, 0.29) is 0 Å². The molecule has 0 aliphatic rings. The molecule has 0 bridgehead atoms. The third-order valence-electron chi connectivity index (χ3n) is 2.29. The molecule has 0 saturated carbocycles. The van der Waals surface area contributed by atoms with E-state index in [0.29, 0.717) is 6.61 Å². The van der Waals surface area contributed by atoms with Gasteiger partial charge in [0.1, 0.15) is 0 Å². The van der Waals surface area contributed by atoms with Crippen molar-refractivity contribution in [2.24, 2.45) is 0 Å². The molecule has 0 fully saturated rings. The normalized spacial score (nSPS) is 10.6. The number of hydrogen-bond acceptors (Lipinski definition) is 2. The summed E-state index contributed by atoms with van der Waals surface area (Å²) >= 11 is 3.45. The molecule has 0 radical (unpaired) electrons. The molecule has 0 aromatic heterocycles. The van der Waals surface area contributed by atoms with E-state index >= 15 is 0 Å². The van der Waals surface area contributed by atoms with Crippen LogP contribution in [0, 0.1) is 0 Å². The van der Waals surface area contributed by atoms with Crippen LogP contribution in [0.1, 0.15) is 25.3 Å². The van der Waals surface area contributed by atoms with Gasteiger partial charge in [-0.25, -0.2) is 0 Å². The van der Waals surface area contributed by atoms with Gasteiger partial charge in [-0.15, -0.1) is 0 Å². The molecule has 1 aromatic rings. The summed E-state index contributed by atoms with van der Waals surface area (Å²) in [6.45, 7) is 5.70. The lowest BCUT2D eigenvalue weighted by molar-refractivity contribution is 0.123. The van der Waals surface area contributed by atoms with Gasteiger partial charge in [-0.05, 0) is 30.7 Å². The predicted molar refractivity (Wildman–Crippen MR) is 71.6 cm³/mol. The minimum absolute atomic E-state index is 0.689. The third-order valence-corrected chi connectivity index (χ3v) is 2.78. The van der Waals surface area contributed by atoms with Crippen molar-refractivity contribution in [2.75, 3.05) is 19.7 Å². The molecule has 1 rings (SSSR count). The Morgan fingerprint density at radius 3 is 2.94 bits per heavy atom. The summed E-state index contributed by atoms with van der Waals surface area (Å²) in [6.07, 6.45) is 2.48. The first kappa shape index (κ1) is 13.7.